The first kappa shape index (κ1) is 49.3. The third-order valence-electron chi connectivity index (χ3n) is 19.7. The van der Waals surface area contributed by atoms with Crippen molar-refractivity contribution in [1.29, 1.82) is 0 Å². The van der Waals surface area contributed by atoms with Gasteiger partial charge >= 0.3 is 6.85 Å². The molecule has 0 spiro atoms. The fourth-order valence-electron chi connectivity index (χ4n) is 14.7. The van der Waals surface area contributed by atoms with E-state index in [9.17, 15) is 0 Å². The molecular formula is C73H76BN3O. The largest absolute Gasteiger partial charge is 0.455 e. The van der Waals surface area contributed by atoms with Gasteiger partial charge in [-0.2, -0.15) is 0 Å². The molecule has 78 heavy (non-hydrogen) atoms. The van der Waals surface area contributed by atoms with Gasteiger partial charge in [-0.25, -0.2) is 0 Å². The van der Waals surface area contributed by atoms with Crippen molar-refractivity contribution in [3.05, 3.63) is 178 Å². The molecule has 10 aromatic rings. The van der Waals surface area contributed by atoms with Crippen LogP contribution in [0.5, 0.6) is 0 Å². The molecule has 5 heteroatoms. The first-order valence-electron chi connectivity index (χ1n) is 29.0. The van der Waals surface area contributed by atoms with Crippen molar-refractivity contribution in [1.82, 2.24) is 4.57 Å². The molecule has 4 nitrogen and oxygen atoms in total. The Bertz CT molecular complexity index is 4150. The van der Waals surface area contributed by atoms with Gasteiger partial charge in [0.05, 0.1) is 11.0 Å². The summed E-state index contributed by atoms with van der Waals surface area (Å²) in [5.74, 6) is 0. The summed E-state index contributed by atoms with van der Waals surface area (Å²) in [6.07, 6.45) is 4.62. The third kappa shape index (κ3) is 7.04. The van der Waals surface area contributed by atoms with Gasteiger partial charge in [0.15, 0.2) is 0 Å². The van der Waals surface area contributed by atoms with Gasteiger partial charge in [-0.05, 0) is 205 Å². The van der Waals surface area contributed by atoms with Gasteiger partial charge < -0.3 is 18.7 Å². The van der Waals surface area contributed by atoms with E-state index >= 15 is 0 Å². The average molecular weight is 1020 g/mol. The molecule has 0 unspecified atom stereocenters. The van der Waals surface area contributed by atoms with Crippen molar-refractivity contribution in [2.75, 3.05) is 9.71 Å². The molecule has 0 fully saturated rings. The number of aryl methyl sites for hydroxylation is 1. The van der Waals surface area contributed by atoms with Crippen LogP contribution in [0.3, 0.4) is 0 Å². The Morgan fingerprint density at radius 1 is 0.487 bits per heavy atom. The van der Waals surface area contributed by atoms with E-state index in [-0.39, 0.29) is 39.3 Å². The maximum Gasteiger partial charge on any atom is 0.333 e. The Morgan fingerprint density at radius 2 is 1.05 bits per heavy atom. The molecular weight excluding hydrogens is 946 g/mol. The van der Waals surface area contributed by atoms with Crippen LogP contribution in [0, 0.1) is 6.92 Å². The summed E-state index contributed by atoms with van der Waals surface area (Å²) < 4.78 is 10.3. The molecule has 392 valence electrons. The van der Waals surface area contributed by atoms with E-state index in [1.54, 1.807) is 0 Å². The molecule has 2 aromatic heterocycles. The van der Waals surface area contributed by atoms with E-state index < -0.39 is 0 Å². The maximum atomic E-state index is 7.64. The normalized spacial score (nSPS) is 17.6. The molecule has 0 saturated carbocycles. The fraction of sp³-hybridized carbons (Fsp3) is 0.342. The highest BCUT2D eigenvalue weighted by Crippen LogP contribution is 2.55. The lowest BCUT2D eigenvalue weighted by molar-refractivity contribution is 0.332. The second kappa shape index (κ2) is 16.1. The lowest BCUT2D eigenvalue weighted by atomic mass is 9.43. The molecule has 2 aliphatic carbocycles. The topological polar surface area (TPSA) is 24.6 Å². The first-order valence-corrected chi connectivity index (χ1v) is 29.0. The predicted octanol–water partition coefficient (Wildman–Crippen LogP) is 19.0. The van der Waals surface area contributed by atoms with Crippen LogP contribution >= 0.6 is 0 Å². The molecule has 0 saturated heterocycles. The number of rotatable bonds is 4. The number of benzene rings is 8. The number of nitrogens with zero attached hydrogens (tertiary/aromatic N) is 3. The van der Waals surface area contributed by atoms with Crippen LogP contribution in [0.15, 0.2) is 144 Å². The van der Waals surface area contributed by atoms with Crippen LogP contribution in [-0.2, 0) is 32.5 Å². The molecule has 4 aliphatic rings. The summed E-state index contributed by atoms with van der Waals surface area (Å²) in [6, 6.07) is 54.5. The summed E-state index contributed by atoms with van der Waals surface area (Å²) in [7, 11) is 0. The fourth-order valence-corrected chi connectivity index (χ4v) is 14.7. The average Bonchev–Trinajstić information content (AvgIpc) is 3.09. The zero-order chi connectivity index (χ0) is 54.5. The Balaban J connectivity index is 1.19. The number of furan rings is 1. The molecule has 0 atom stereocenters. The highest BCUT2D eigenvalue weighted by atomic mass is 16.3. The van der Waals surface area contributed by atoms with E-state index in [0.717, 1.165) is 53.1 Å². The van der Waals surface area contributed by atoms with Crippen LogP contribution in [0.1, 0.15) is 162 Å². The smallest absolute Gasteiger partial charge is 0.333 e. The predicted molar refractivity (Wildman–Crippen MR) is 334 cm³/mol. The van der Waals surface area contributed by atoms with Crippen molar-refractivity contribution in [3.63, 3.8) is 0 Å². The lowest BCUT2D eigenvalue weighted by Crippen LogP contribution is -2.61. The number of fused-ring (bicyclic) bond motifs is 13. The molecule has 14 rings (SSSR count). The Kier molecular flexibility index (Phi) is 10.2. The molecule has 4 heterocycles. The summed E-state index contributed by atoms with van der Waals surface area (Å²) in [5.41, 5.74) is 26.3. The quantitative estimate of drug-likeness (QED) is 0.164. The SMILES string of the molecule is Cc1cc2c(cc1N1B3c4c(cc(N(c5ccccc5)c5ccccc5)cc4-n4c5ccc(C(C)(C)C)cc5c5cc(C(C)(C)C)cc3c54)-c3c1ccc1c3oc3cc4c(cc31)C(C)(C)CCC4(C)C)C(C)(C)CCC2(C)C. The minimum Gasteiger partial charge on any atom is -0.455 e. The van der Waals surface area contributed by atoms with Gasteiger partial charge in [-0.15, -0.1) is 0 Å². The zero-order valence-corrected chi connectivity index (χ0v) is 48.9. The highest BCUT2D eigenvalue weighted by Gasteiger charge is 2.48. The number of para-hydroxylation sites is 2. The van der Waals surface area contributed by atoms with Crippen LogP contribution in [0.4, 0.5) is 28.4 Å². The van der Waals surface area contributed by atoms with Gasteiger partial charge in [-0.3, -0.25) is 0 Å². The second-order valence-corrected chi connectivity index (χ2v) is 28.8. The lowest BCUT2D eigenvalue weighted by Gasteiger charge is -2.46. The van der Waals surface area contributed by atoms with Crippen molar-refractivity contribution < 1.29 is 4.42 Å². The van der Waals surface area contributed by atoms with Crippen molar-refractivity contribution in [2.24, 2.45) is 0 Å². The molecule has 8 aromatic carbocycles. The molecule has 0 amide bonds. The van der Waals surface area contributed by atoms with E-state index in [4.69, 9.17) is 4.42 Å². The zero-order valence-electron chi connectivity index (χ0n) is 48.9. The molecule has 0 N–H and O–H groups in total. The van der Waals surface area contributed by atoms with E-state index in [1.165, 1.54) is 111 Å². The van der Waals surface area contributed by atoms with Crippen molar-refractivity contribution in [2.45, 2.75) is 162 Å². The Morgan fingerprint density at radius 3 is 1.65 bits per heavy atom. The monoisotopic (exact) mass is 1020 g/mol. The minimum absolute atomic E-state index is 0.00868. The number of hydrogen-bond donors (Lipinski definition) is 0. The van der Waals surface area contributed by atoms with Gasteiger partial charge in [0.2, 0.25) is 0 Å². The van der Waals surface area contributed by atoms with Crippen LogP contribution in [0.2, 0.25) is 0 Å². The first-order chi connectivity index (χ1) is 36.8. The molecule has 0 radical (unpaired) electrons. The van der Waals surface area contributed by atoms with Crippen molar-refractivity contribution in [3.8, 4) is 16.8 Å². The molecule has 2 aliphatic heterocycles. The van der Waals surface area contributed by atoms with Gasteiger partial charge in [0.1, 0.15) is 11.2 Å². The standard InChI is InChI=1S/C73H76BN3O/c1-43-34-54-56(72(12,13)32-30-70(54,8)9)41-61(43)77-60-29-27-49-51-40-55-57(73(14,15)33-31-71(55,10)11)42-63(51)78-67(49)64(60)53-38-48(75(46-22-18-16-19-23-46)47-24-20-17-21-25-47)39-62-65(53)74(77)58-37-45(69(5,6)7)36-52-50-35-44(68(2,3)4)26-28-59(50)76(62)66(52)58/h16-29,34-42H,30-33H2,1-15H3. The van der Waals surface area contributed by atoms with E-state index in [0.29, 0.717) is 0 Å². The second-order valence-electron chi connectivity index (χ2n) is 28.8. The summed E-state index contributed by atoms with van der Waals surface area (Å²) in [5, 5.41) is 5.00. The van der Waals surface area contributed by atoms with Gasteiger partial charge in [0.25, 0.3) is 0 Å². The van der Waals surface area contributed by atoms with Gasteiger partial charge in [0, 0.05) is 61.2 Å². The summed E-state index contributed by atoms with van der Waals surface area (Å²) >= 11 is 0. The summed E-state index contributed by atoms with van der Waals surface area (Å²) in [4.78, 5) is 5.25. The van der Waals surface area contributed by atoms with Gasteiger partial charge in [-0.1, -0.05) is 152 Å². The Hall–Kier alpha value is -6.98. The van der Waals surface area contributed by atoms with Crippen molar-refractivity contribution >= 4 is 90.0 Å². The Labute approximate surface area is 463 Å². The molecule has 0 bridgehead atoms. The van der Waals surface area contributed by atoms with Crippen LogP contribution in [-0.4, -0.2) is 11.4 Å². The van der Waals surface area contributed by atoms with Crippen LogP contribution in [0.25, 0.3) is 60.6 Å². The summed E-state index contributed by atoms with van der Waals surface area (Å²) in [6.45, 7) is 36.0. The minimum atomic E-state index is -0.172. The number of anilines is 5. The number of aromatic nitrogens is 1. The van der Waals surface area contributed by atoms with E-state index in [2.05, 4.69) is 258 Å². The van der Waals surface area contributed by atoms with Crippen LogP contribution < -0.4 is 20.6 Å². The maximum absolute atomic E-state index is 7.64. The van der Waals surface area contributed by atoms with E-state index in [1.807, 2.05) is 0 Å². The third-order valence-corrected chi connectivity index (χ3v) is 19.7. The number of hydrogen-bond acceptors (Lipinski definition) is 3. The highest BCUT2D eigenvalue weighted by molar-refractivity contribution is 6.93.